The molecule has 2 bridgehead atoms. The van der Waals surface area contributed by atoms with Gasteiger partial charge in [-0.1, -0.05) is 43.7 Å². The number of esters is 2. The van der Waals surface area contributed by atoms with Gasteiger partial charge in [-0.25, -0.2) is 0 Å². The van der Waals surface area contributed by atoms with E-state index in [0.29, 0.717) is 12.5 Å². The molecule has 4 nitrogen and oxygen atoms in total. The summed E-state index contributed by atoms with van der Waals surface area (Å²) in [6, 6.07) is 9.65. The molecule has 2 fully saturated rings. The first-order chi connectivity index (χ1) is 11.7. The van der Waals surface area contributed by atoms with E-state index in [1.54, 1.807) is 0 Å². The predicted molar refractivity (Wildman–Crippen MR) is 89.9 cm³/mol. The average Bonchev–Trinajstić information content (AvgIpc) is 3.22. The maximum Gasteiger partial charge on any atom is 0.310 e. The van der Waals surface area contributed by atoms with Gasteiger partial charge in [0.25, 0.3) is 0 Å². The maximum atomic E-state index is 12.6. The molecular formula is C20H26O4. The molecule has 1 aromatic rings. The summed E-state index contributed by atoms with van der Waals surface area (Å²) in [6.45, 7) is 2.79. The molecule has 4 heteroatoms. The van der Waals surface area contributed by atoms with Gasteiger partial charge >= 0.3 is 11.9 Å². The van der Waals surface area contributed by atoms with E-state index in [2.05, 4.69) is 6.92 Å². The van der Waals surface area contributed by atoms with Crippen LogP contribution in [0.3, 0.4) is 0 Å². The van der Waals surface area contributed by atoms with Crippen LogP contribution in [0, 0.1) is 23.7 Å². The Morgan fingerprint density at radius 1 is 1.00 bits per heavy atom. The second kappa shape index (κ2) is 7.82. The Morgan fingerprint density at radius 2 is 1.62 bits per heavy atom. The molecule has 2 aliphatic carbocycles. The summed E-state index contributed by atoms with van der Waals surface area (Å²) in [4.78, 5) is 25.1. The number of hydrogen-bond donors (Lipinski definition) is 0. The average molecular weight is 330 g/mol. The van der Waals surface area contributed by atoms with Crippen LogP contribution < -0.4 is 0 Å². The number of fused-ring (bicyclic) bond motifs is 2. The van der Waals surface area contributed by atoms with Gasteiger partial charge in [-0.3, -0.25) is 9.59 Å². The van der Waals surface area contributed by atoms with Gasteiger partial charge in [0.05, 0.1) is 18.4 Å². The van der Waals surface area contributed by atoms with Gasteiger partial charge in [-0.05, 0) is 43.1 Å². The summed E-state index contributed by atoms with van der Waals surface area (Å²) >= 11 is 0. The van der Waals surface area contributed by atoms with E-state index in [0.717, 1.165) is 37.7 Å². The number of unbranched alkanes of at least 4 members (excludes halogenated alkanes) is 1. The van der Waals surface area contributed by atoms with Gasteiger partial charge < -0.3 is 9.47 Å². The topological polar surface area (TPSA) is 52.6 Å². The molecule has 4 atom stereocenters. The normalized spacial score (nSPS) is 27.9. The highest BCUT2D eigenvalue weighted by atomic mass is 16.5. The number of rotatable bonds is 7. The van der Waals surface area contributed by atoms with Crippen molar-refractivity contribution in [1.29, 1.82) is 0 Å². The molecule has 0 radical (unpaired) electrons. The fraction of sp³-hybridized carbons (Fsp3) is 0.600. The summed E-state index contributed by atoms with van der Waals surface area (Å²) in [6.07, 6.45) is 4.87. The Kier molecular flexibility index (Phi) is 5.54. The van der Waals surface area contributed by atoms with Gasteiger partial charge in [-0.2, -0.15) is 0 Å². The largest absolute Gasteiger partial charge is 0.465 e. The SMILES string of the molecule is CCCCOC(=O)C1C2CCC(C2)C1C(=O)OCc1ccccc1. The molecule has 0 aromatic heterocycles. The van der Waals surface area contributed by atoms with Crippen LogP contribution >= 0.6 is 0 Å². The zero-order valence-corrected chi connectivity index (χ0v) is 14.3. The van der Waals surface area contributed by atoms with Crippen LogP contribution in [0.2, 0.25) is 0 Å². The molecule has 0 aliphatic heterocycles. The molecule has 0 saturated heterocycles. The monoisotopic (exact) mass is 330 g/mol. The third kappa shape index (κ3) is 3.63. The Labute approximate surface area is 143 Å². The van der Waals surface area contributed by atoms with E-state index in [1.165, 1.54) is 0 Å². The van der Waals surface area contributed by atoms with E-state index in [4.69, 9.17) is 9.47 Å². The van der Waals surface area contributed by atoms with Crippen LogP contribution in [0.4, 0.5) is 0 Å². The van der Waals surface area contributed by atoms with Crippen molar-refractivity contribution < 1.29 is 19.1 Å². The first kappa shape index (κ1) is 17.0. The van der Waals surface area contributed by atoms with Crippen molar-refractivity contribution in [3.8, 4) is 0 Å². The lowest BCUT2D eigenvalue weighted by atomic mass is 9.79. The fourth-order valence-corrected chi connectivity index (χ4v) is 4.21. The maximum absolute atomic E-state index is 12.6. The van der Waals surface area contributed by atoms with E-state index in [1.807, 2.05) is 30.3 Å². The Balaban J connectivity index is 1.61. The summed E-state index contributed by atoms with van der Waals surface area (Å²) < 4.78 is 10.9. The van der Waals surface area contributed by atoms with Crippen LogP contribution in [-0.2, 0) is 25.7 Å². The van der Waals surface area contributed by atoms with Gasteiger partial charge in [-0.15, -0.1) is 0 Å². The number of carbonyl (C=O) groups is 2. The second-order valence-electron chi connectivity index (χ2n) is 7.00. The predicted octanol–water partition coefficient (Wildman–Crippen LogP) is 3.74. The Bertz CT molecular complexity index is 568. The highest BCUT2D eigenvalue weighted by Crippen LogP contribution is 2.53. The van der Waals surface area contributed by atoms with Crippen LogP contribution in [0.25, 0.3) is 0 Å². The lowest BCUT2D eigenvalue weighted by molar-refractivity contribution is -0.164. The zero-order chi connectivity index (χ0) is 16.9. The quantitative estimate of drug-likeness (QED) is 0.564. The number of benzene rings is 1. The van der Waals surface area contributed by atoms with E-state index in [-0.39, 0.29) is 36.3 Å². The van der Waals surface area contributed by atoms with Crippen LogP contribution in [0.15, 0.2) is 30.3 Å². The van der Waals surface area contributed by atoms with Crippen molar-refractivity contribution in [3.63, 3.8) is 0 Å². The molecule has 0 spiro atoms. The smallest absolute Gasteiger partial charge is 0.310 e. The number of hydrogen-bond acceptors (Lipinski definition) is 4. The minimum absolute atomic E-state index is 0.197. The highest BCUT2D eigenvalue weighted by molar-refractivity contribution is 5.83. The number of carbonyl (C=O) groups excluding carboxylic acids is 2. The number of ether oxygens (including phenoxy) is 2. The third-order valence-corrected chi connectivity index (χ3v) is 5.43. The van der Waals surface area contributed by atoms with Gasteiger partial charge in [0.1, 0.15) is 6.61 Å². The molecule has 3 rings (SSSR count). The summed E-state index contributed by atoms with van der Waals surface area (Å²) in [5.41, 5.74) is 0.969. The van der Waals surface area contributed by atoms with Crippen LogP contribution in [0.1, 0.15) is 44.6 Å². The van der Waals surface area contributed by atoms with Crippen LogP contribution in [-0.4, -0.2) is 18.5 Å². The summed E-state index contributed by atoms with van der Waals surface area (Å²) in [5, 5.41) is 0. The molecule has 1 aromatic carbocycles. The van der Waals surface area contributed by atoms with Crippen molar-refractivity contribution >= 4 is 11.9 Å². The molecule has 2 aliphatic rings. The first-order valence-electron chi connectivity index (χ1n) is 9.08. The Morgan fingerprint density at radius 3 is 2.25 bits per heavy atom. The Hall–Kier alpha value is -1.84. The molecule has 24 heavy (non-hydrogen) atoms. The third-order valence-electron chi connectivity index (χ3n) is 5.43. The van der Waals surface area contributed by atoms with Crippen molar-refractivity contribution in [2.75, 3.05) is 6.61 Å². The molecule has 0 heterocycles. The highest BCUT2D eigenvalue weighted by Gasteiger charge is 2.55. The second-order valence-corrected chi connectivity index (χ2v) is 7.00. The minimum atomic E-state index is -0.318. The van der Waals surface area contributed by atoms with Crippen molar-refractivity contribution in [2.24, 2.45) is 23.7 Å². The van der Waals surface area contributed by atoms with Crippen LogP contribution in [0.5, 0.6) is 0 Å². The summed E-state index contributed by atoms with van der Waals surface area (Å²) in [5.74, 6) is -0.480. The molecule has 2 saturated carbocycles. The first-order valence-corrected chi connectivity index (χ1v) is 9.08. The fourth-order valence-electron chi connectivity index (χ4n) is 4.21. The molecule has 4 unspecified atom stereocenters. The van der Waals surface area contributed by atoms with Crippen molar-refractivity contribution in [3.05, 3.63) is 35.9 Å². The van der Waals surface area contributed by atoms with Gasteiger partial charge in [0.15, 0.2) is 0 Å². The van der Waals surface area contributed by atoms with E-state index >= 15 is 0 Å². The van der Waals surface area contributed by atoms with Gasteiger partial charge in [0, 0.05) is 0 Å². The van der Waals surface area contributed by atoms with E-state index < -0.39 is 0 Å². The van der Waals surface area contributed by atoms with E-state index in [9.17, 15) is 9.59 Å². The van der Waals surface area contributed by atoms with Gasteiger partial charge in [0.2, 0.25) is 0 Å². The molecule has 130 valence electrons. The van der Waals surface area contributed by atoms with Crippen molar-refractivity contribution in [1.82, 2.24) is 0 Å². The summed E-state index contributed by atoms with van der Waals surface area (Å²) in [7, 11) is 0. The standard InChI is InChI=1S/C20H26O4/c1-2-3-11-23-19(21)17-15-9-10-16(12-15)18(17)20(22)24-13-14-7-5-4-6-8-14/h4-8,15-18H,2-3,9-13H2,1H3. The van der Waals surface area contributed by atoms with Crippen molar-refractivity contribution in [2.45, 2.75) is 45.6 Å². The lowest BCUT2D eigenvalue weighted by Gasteiger charge is -2.27. The molecular weight excluding hydrogens is 304 g/mol. The minimum Gasteiger partial charge on any atom is -0.465 e. The lowest BCUT2D eigenvalue weighted by Crippen LogP contribution is -2.37. The zero-order valence-electron chi connectivity index (χ0n) is 14.3. The molecule has 0 N–H and O–H groups in total. The molecule has 0 amide bonds.